The van der Waals surface area contributed by atoms with Gasteiger partial charge in [0.25, 0.3) is 0 Å². The van der Waals surface area contributed by atoms with E-state index in [9.17, 15) is 0 Å². The molecule has 0 saturated heterocycles. The summed E-state index contributed by atoms with van der Waals surface area (Å²) in [5.41, 5.74) is 3.05. The van der Waals surface area contributed by atoms with Gasteiger partial charge < -0.3 is 0 Å². The molecule has 2 rings (SSSR count). The summed E-state index contributed by atoms with van der Waals surface area (Å²) in [4.78, 5) is 0. The first-order valence-electron chi connectivity index (χ1n) is 4.58. The van der Waals surface area contributed by atoms with E-state index in [0.29, 0.717) is 0 Å². The first-order valence-corrected chi connectivity index (χ1v) is 4.58. The molecule has 0 spiro atoms. The first-order chi connectivity index (χ1) is 5.84. The molecule has 1 atom stereocenters. The molecule has 1 aromatic carbocycles. The minimum atomic E-state index is 0.823. The minimum absolute atomic E-state index is 0.823. The molecule has 0 N–H and O–H groups in total. The van der Waals surface area contributed by atoms with E-state index in [-0.39, 0.29) is 0 Å². The lowest BCUT2D eigenvalue weighted by Crippen LogP contribution is -2.07. The maximum Gasteiger partial charge on any atom is -0.00668 e. The van der Waals surface area contributed by atoms with E-state index in [0.717, 1.165) is 12.3 Å². The highest BCUT2D eigenvalue weighted by atomic mass is 14.2. The van der Waals surface area contributed by atoms with Gasteiger partial charge in [-0.1, -0.05) is 48.9 Å². The van der Waals surface area contributed by atoms with Gasteiger partial charge in [-0.2, -0.15) is 0 Å². The van der Waals surface area contributed by atoms with Crippen molar-refractivity contribution < 1.29 is 0 Å². The second-order valence-electron chi connectivity index (χ2n) is 3.67. The zero-order valence-electron chi connectivity index (χ0n) is 7.46. The van der Waals surface area contributed by atoms with Crippen LogP contribution in [-0.2, 0) is 6.42 Å². The third kappa shape index (κ3) is 1.58. The summed E-state index contributed by atoms with van der Waals surface area (Å²) in [5, 5.41) is 0. The van der Waals surface area contributed by atoms with Crippen molar-refractivity contribution in [3.63, 3.8) is 0 Å². The molecule has 62 valence electrons. The zero-order chi connectivity index (χ0) is 8.39. The van der Waals surface area contributed by atoms with Gasteiger partial charge in [-0.3, -0.25) is 0 Å². The van der Waals surface area contributed by atoms with Crippen LogP contribution in [-0.4, -0.2) is 0 Å². The fraction of sp³-hybridized carbons (Fsp3) is 0.333. The zero-order valence-corrected chi connectivity index (χ0v) is 7.46. The molecule has 0 fully saturated rings. The summed E-state index contributed by atoms with van der Waals surface area (Å²) < 4.78 is 0. The van der Waals surface area contributed by atoms with Gasteiger partial charge >= 0.3 is 0 Å². The lowest BCUT2D eigenvalue weighted by atomic mass is 9.84. The molecule has 0 heteroatoms. The highest BCUT2D eigenvalue weighted by Gasteiger charge is 2.13. The van der Waals surface area contributed by atoms with Crippen molar-refractivity contribution in [3.05, 3.63) is 47.5 Å². The van der Waals surface area contributed by atoms with E-state index in [1.807, 2.05) is 0 Å². The average Bonchev–Trinajstić information content (AvgIpc) is 2.04. The van der Waals surface area contributed by atoms with Crippen molar-refractivity contribution in [2.75, 3.05) is 0 Å². The van der Waals surface area contributed by atoms with Gasteiger partial charge in [0, 0.05) is 0 Å². The van der Waals surface area contributed by atoms with Crippen LogP contribution in [0.4, 0.5) is 0 Å². The molecule has 0 unspecified atom stereocenters. The van der Waals surface area contributed by atoms with E-state index < -0.39 is 0 Å². The smallest absolute Gasteiger partial charge is 0.00668 e. The number of allylic oxidation sites excluding steroid dienone is 2. The number of hydrogen-bond acceptors (Lipinski definition) is 0. The highest BCUT2D eigenvalue weighted by Crippen LogP contribution is 2.27. The maximum absolute atomic E-state index is 2.38. The van der Waals surface area contributed by atoms with Gasteiger partial charge in [0.15, 0.2) is 0 Å². The van der Waals surface area contributed by atoms with Gasteiger partial charge in [0.05, 0.1) is 0 Å². The predicted molar refractivity (Wildman–Crippen MR) is 52.0 cm³/mol. The summed E-state index contributed by atoms with van der Waals surface area (Å²) >= 11 is 0. The molecule has 0 heterocycles. The summed E-state index contributed by atoms with van der Waals surface area (Å²) in [6.07, 6.45) is 4.84. The van der Waals surface area contributed by atoms with Crippen molar-refractivity contribution >= 4 is 0 Å². The van der Waals surface area contributed by atoms with Crippen LogP contribution >= 0.6 is 0 Å². The van der Waals surface area contributed by atoms with E-state index in [1.54, 1.807) is 5.57 Å². The van der Waals surface area contributed by atoms with Crippen LogP contribution in [0.5, 0.6) is 0 Å². The van der Waals surface area contributed by atoms with Crippen molar-refractivity contribution in [2.24, 2.45) is 5.92 Å². The highest BCUT2D eigenvalue weighted by molar-refractivity contribution is 5.26. The average molecular weight is 158 g/mol. The van der Waals surface area contributed by atoms with E-state index in [4.69, 9.17) is 0 Å². The van der Waals surface area contributed by atoms with Gasteiger partial charge in [-0.15, -0.1) is 0 Å². The van der Waals surface area contributed by atoms with Crippen molar-refractivity contribution in [1.29, 1.82) is 0 Å². The molecule has 0 bridgehead atoms. The summed E-state index contributed by atoms with van der Waals surface area (Å²) in [6, 6.07) is 10.7. The van der Waals surface area contributed by atoms with Gasteiger partial charge in [0.2, 0.25) is 0 Å². The second-order valence-corrected chi connectivity index (χ2v) is 3.67. The van der Waals surface area contributed by atoms with Crippen LogP contribution in [0.3, 0.4) is 0 Å². The van der Waals surface area contributed by atoms with Crippen LogP contribution in [0, 0.1) is 5.92 Å². The van der Waals surface area contributed by atoms with Crippen LogP contribution in [0.15, 0.2) is 42.0 Å². The lowest BCUT2D eigenvalue weighted by molar-refractivity contribution is 0.622. The third-order valence-electron chi connectivity index (χ3n) is 2.38. The fourth-order valence-electron chi connectivity index (χ4n) is 1.77. The number of benzene rings is 1. The molecule has 1 aromatic rings. The Morgan fingerprint density at radius 1 is 1.25 bits per heavy atom. The second kappa shape index (κ2) is 3.14. The van der Waals surface area contributed by atoms with Crippen LogP contribution in [0.2, 0.25) is 0 Å². The molecule has 0 saturated carbocycles. The maximum atomic E-state index is 2.38. The minimum Gasteiger partial charge on any atom is -0.0818 e. The molecule has 12 heavy (non-hydrogen) atoms. The van der Waals surface area contributed by atoms with E-state index in [2.05, 4.69) is 43.3 Å². The van der Waals surface area contributed by atoms with Crippen LogP contribution < -0.4 is 0 Å². The molecule has 0 aliphatic heterocycles. The standard InChI is InChI=1S/C12H14/c1-10-7-12(8-10)9-11-5-3-2-4-6-11/h2-7,10H,8-9H2,1H3/t10-/m0/s1. The molecule has 0 radical (unpaired) electrons. The van der Waals surface area contributed by atoms with Gasteiger partial charge in [0.1, 0.15) is 0 Å². The Morgan fingerprint density at radius 3 is 2.50 bits per heavy atom. The molecule has 0 nitrogen and oxygen atoms in total. The SMILES string of the molecule is C[C@H]1C=C(Cc2ccccc2)C1. The molecule has 0 amide bonds. The quantitative estimate of drug-likeness (QED) is 0.580. The Morgan fingerprint density at radius 2 is 1.92 bits per heavy atom. The Hall–Kier alpha value is -1.04. The van der Waals surface area contributed by atoms with Crippen LogP contribution in [0.25, 0.3) is 0 Å². The fourth-order valence-corrected chi connectivity index (χ4v) is 1.77. The summed E-state index contributed by atoms with van der Waals surface area (Å²) in [5.74, 6) is 0.823. The first kappa shape index (κ1) is 7.60. The summed E-state index contributed by atoms with van der Waals surface area (Å²) in [6.45, 7) is 2.27. The molecule has 1 aliphatic rings. The largest absolute Gasteiger partial charge is 0.0818 e. The van der Waals surface area contributed by atoms with Gasteiger partial charge in [-0.05, 0) is 24.3 Å². The third-order valence-corrected chi connectivity index (χ3v) is 2.38. The van der Waals surface area contributed by atoms with E-state index >= 15 is 0 Å². The topological polar surface area (TPSA) is 0 Å². The molecular weight excluding hydrogens is 144 g/mol. The Kier molecular flexibility index (Phi) is 1.99. The van der Waals surface area contributed by atoms with Crippen molar-refractivity contribution in [1.82, 2.24) is 0 Å². The monoisotopic (exact) mass is 158 g/mol. The molecule has 1 aliphatic carbocycles. The Balaban J connectivity index is 2.01. The van der Waals surface area contributed by atoms with Gasteiger partial charge in [-0.25, -0.2) is 0 Å². The van der Waals surface area contributed by atoms with Crippen molar-refractivity contribution in [2.45, 2.75) is 19.8 Å². The molecule has 0 aromatic heterocycles. The van der Waals surface area contributed by atoms with Crippen LogP contribution in [0.1, 0.15) is 18.9 Å². The Bertz CT molecular complexity index is 282. The van der Waals surface area contributed by atoms with E-state index in [1.165, 1.54) is 12.0 Å². The number of hydrogen-bond donors (Lipinski definition) is 0. The Labute approximate surface area is 73.9 Å². The predicted octanol–water partition coefficient (Wildman–Crippen LogP) is 3.20. The van der Waals surface area contributed by atoms with Crippen molar-refractivity contribution in [3.8, 4) is 0 Å². The lowest BCUT2D eigenvalue weighted by Gasteiger charge is -2.21. The summed E-state index contributed by atoms with van der Waals surface area (Å²) in [7, 11) is 0. The number of rotatable bonds is 2. The normalized spacial score (nSPS) is 21.4. The molecular formula is C12H14.